The molecule has 0 aliphatic carbocycles. The number of rotatable bonds is 2. The Kier molecular flexibility index (Phi) is 3.37. The van der Waals surface area contributed by atoms with Gasteiger partial charge in [-0.2, -0.15) is 0 Å². The fourth-order valence-corrected chi connectivity index (χ4v) is 2.29. The van der Waals surface area contributed by atoms with Crippen molar-refractivity contribution in [3.8, 4) is 0 Å². The lowest BCUT2D eigenvalue weighted by molar-refractivity contribution is -0.150. The zero-order valence-electron chi connectivity index (χ0n) is 9.91. The standard InChI is InChI=1S/C11H18N2O4/c1-3-7-6(2)9(15)10(17-7)13-5-4-8(14)12-11(13)16/h4-7,9-11,15-16H,3H2,1-2H3,(H,12,14)/t6?,7-,9?,10-,11?/m0/s1. The van der Waals surface area contributed by atoms with Crippen LogP contribution in [-0.2, 0) is 9.53 Å². The monoisotopic (exact) mass is 242 g/mol. The Bertz CT molecular complexity index is 333. The first-order valence-corrected chi connectivity index (χ1v) is 5.82. The highest BCUT2D eigenvalue weighted by molar-refractivity contribution is 5.88. The van der Waals surface area contributed by atoms with E-state index in [1.165, 1.54) is 17.2 Å². The van der Waals surface area contributed by atoms with Gasteiger partial charge in [0.1, 0.15) is 6.10 Å². The zero-order valence-corrected chi connectivity index (χ0v) is 9.91. The van der Waals surface area contributed by atoms with Crippen LogP contribution in [0.1, 0.15) is 20.3 Å². The van der Waals surface area contributed by atoms with E-state index in [4.69, 9.17) is 4.74 Å². The van der Waals surface area contributed by atoms with Crippen LogP contribution < -0.4 is 5.32 Å². The Labute approximate surface area is 99.9 Å². The van der Waals surface area contributed by atoms with Gasteiger partial charge in [-0.3, -0.25) is 4.79 Å². The van der Waals surface area contributed by atoms with E-state index in [0.29, 0.717) is 0 Å². The highest BCUT2D eigenvalue weighted by Crippen LogP contribution is 2.31. The molecule has 0 aromatic heterocycles. The van der Waals surface area contributed by atoms with E-state index < -0.39 is 18.7 Å². The van der Waals surface area contributed by atoms with Crippen molar-refractivity contribution in [2.24, 2.45) is 5.92 Å². The molecule has 3 N–H and O–H groups in total. The highest BCUT2D eigenvalue weighted by Gasteiger charge is 2.44. The summed E-state index contributed by atoms with van der Waals surface area (Å²) in [5, 5.41) is 22.1. The van der Waals surface area contributed by atoms with E-state index in [2.05, 4.69) is 5.32 Å². The summed E-state index contributed by atoms with van der Waals surface area (Å²) in [6.45, 7) is 3.90. The van der Waals surface area contributed by atoms with Crippen LogP contribution in [0, 0.1) is 5.92 Å². The topological polar surface area (TPSA) is 82.0 Å². The van der Waals surface area contributed by atoms with Gasteiger partial charge >= 0.3 is 0 Å². The second-order valence-corrected chi connectivity index (χ2v) is 4.47. The molecule has 0 bridgehead atoms. The SMILES string of the molecule is CC[C@@H]1O[C@H](N2C=CC(=O)NC2O)C(O)C1C. The van der Waals surface area contributed by atoms with Gasteiger partial charge in [-0.25, -0.2) is 0 Å². The summed E-state index contributed by atoms with van der Waals surface area (Å²) in [6, 6.07) is 0. The minimum absolute atomic E-state index is 0.00299. The predicted molar refractivity (Wildman–Crippen MR) is 59.3 cm³/mol. The van der Waals surface area contributed by atoms with Crippen LogP contribution >= 0.6 is 0 Å². The molecule has 5 atom stereocenters. The lowest BCUT2D eigenvalue weighted by Gasteiger charge is -2.35. The third kappa shape index (κ3) is 2.15. The molecule has 1 amide bonds. The van der Waals surface area contributed by atoms with Crippen molar-refractivity contribution in [1.82, 2.24) is 10.2 Å². The summed E-state index contributed by atoms with van der Waals surface area (Å²) >= 11 is 0. The number of aliphatic hydroxyl groups is 2. The molecule has 2 rings (SSSR count). The van der Waals surface area contributed by atoms with E-state index in [1.54, 1.807) is 0 Å². The van der Waals surface area contributed by atoms with Crippen LogP contribution in [0.25, 0.3) is 0 Å². The maximum atomic E-state index is 11.0. The third-order valence-corrected chi connectivity index (χ3v) is 3.38. The minimum Gasteiger partial charge on any atom is -0.388 e. The van der Waals surface area contributed by atoms with Crippen molar-refractivity contribution in [3.63, 3.8) is 0 Å². The Balaban J connectivity index is 2.13. The molecule has 0 radical (unpaired) electrons. The number of hydrogen-bond donors (Lipinski definition) is 3. The van der Waals surface area contributed by atoms with Crippen LogP contribution in [0.4, 0.5) is 0 Å². The normalized spacial score (nSPS) is 41.8. The van der Waals surface area contributed by atoms with Gasteiger partial charge in [0, 0.05) is 18.2 Å². The summed E-state index contributed by atoms with van der Waals surface area (Å²) in [7, 11) is 0. The molecule has 0 saturated carbocycles. The number of carbonyl (C=O) groups excluding carboxylic acids is 1. The fourth-order valence-electron chi connectivity index (χ4n) is 2.29. The average Bonchev–Trinajstić information content (AvgIpc) is 2.57. The molecule has 0 aromatic rings. The molecule has 1 fully saturated rings. The molecule has 96 valence electrons. The molecule has 6 nitrogen and oxygen atoms in total. The molecule has 17 heavy (non-hydrogen) atoms. The van der Waals surface area contributed by atoms with E-state index in [1.807, 2.05) is 13.8 Å². The fraction of sp³-hybridized carbons (Fsp3) is 0.727. The number of nitrogens with zero attached hydrogens (tertiary/aromatic N) is 1. The quantitative estimate of drug-likeness (QED) is 0.599. The summed E-state index contributed by atoms with van der Waals surface area (Å²) in [6.07, 6.45) is 1.04. The van der Waals surface area contributed by atoms with E-state index in [0.717, 1.165) is 6.42 Å². The van der Waals surface area contributed by atoms with Gasteiger partial charge in [-0.05, 0) is 6.42 Å². The van der Waals surface area contributed by atoms with Crippen LogP contribution in [0.5, 0.6) is 0 Å². The van der Waals surface area contributed by atoms with E-state index in [9.17, 15) is 15.0 Å². The van der Waals surface area contributed by atoms with Crippen molar-refractivity contribution in [3.05, 3.63) is 12.3 Å². The first kappa shape index (κ1) is 12.3. The van der Waals surface area contributed by atoms with Crippen LogP contribution in [0.2, 0.25) is 0 Å². The van der Waals surface area contributed by atoms with Gasteiger partial charge in [0.25, 0.3) is 0 Å². The van der Waals surface area contributed by atoms with Gasteiger partial charge in [0.2, 0.25) is 12.3 Å². The largest absolute Gasteiger partial charge is 0.388 e. The first-order chi connectivity index (χ1) is 8.04. The summed E-state index contributed by atoms with van der Waals surface area (Å²) in [4.78, 5) is 12.4. The molecule has 0 spiro atoms. The van der Waals surface area contributed by atoms with Gasteiger partial charge < -0.3 is 25.2 Å². The molecule has 6 heteroatoms. The number of aliphatic hydroxyl groups excluding tert-OH is 2. The average molecular weight is 242 g/mol. The number of carbonyl (C=O) groups is 1. The summed E-state index contributed by atoms with van der Waals surface area (Å²) < 4.78 is 5.69. The molecule has 1 saturated heterocycles. The second kappa shape index (κ2) is 4.64. The van der Waals surface area contributed by atoms with Gasteiger partial charge in [0.15, 0.2) is 6.23 Å². The Hall–Kier alpha value is -1.11. The minimum atomic E-state index is -1.16. The Morgan fingerprint density at radius 2 is 2.24 bits per heavy atom. The number of ether oxygens (including phenoxy) is 1. The Morgan fingerprint density at radius 1 is 1.53 bits per heavy atom. The van der Waals surface area contributed by atoms with Gasteiger partial charge in [-0.15, -0.1) is 0 Å². The van der Waals surface area contributed by atoms with E-state index >= 15 is 0 Å². The van der Waals surface area contributed by atoms with Crippen LogP contribution in [0.3, 0.4) is 0 Å². The first-order valence-electron chi connectivity index (χ1n) is 5.82. The molecule has 2 heterocycles. The molecular weight excluding hydrogens is 224 g/mol. The number of nitrogens with one attached hydrogen (secondary N) is 1. The Morgan fingerprint density at radius 3 is 2.76 bits per heavy atom. The summed E-state index contributed by atoms with van der Waals surface area (Å²) in [5.74, 6) is -0.357. The molecule has 2 aliphatic heterocycles. The lowest BCUT2D eigenvalue weighted by Crippen LogP contribution is -2.55. The van der Waals surface area contributed by atoms with Gasteiger partial charge in [-0.1, -0.05) is 13.8 Å². The highest BCUT2D eigenvalue weighted by atomic mass is 16.5. The number of hydrogen-bond acceptors (Lipinski definition) is 5. The van der Waals surface area contributed by atoms with Gasteiger partial charge in [0.05, 0.1) is 6.10 Å². The summed E-state index contributed by atoms with van der Waals surface area (Å²) in [5.41, 5.74) is 0. The van der Waals surface area contributed by atoms with Crippen molar-refractivity contribution in [2.45, 2.75) is 45.1 Å². The molecule has 3 unspecified atom stereocenters. The van der Waals surface area contributed by atoms with Crippen molar-refractivity contribution in [1.29, 1.82) is 0 Å². The van der Waals surface area contributed by atoms with Crippen molar-refractivity contribution >= 4 is 5.91 Å². The van der Waals surface area contributed by atoms with E-state index in [-0.39, 0.29) is 17.9 Å². The van der Waals surface area contributed by atoms with Crippen molar-refractivity contribution in [2.75, 3.05) is 0 Å². The second-order valence-electron chi connectivity index (χ2n) is 4.47. The maximum Gasteiger partial charge on any atom is 0.248 e. The maximum absolute atomic E-state index is 11.0. The smallest absolute Gasteiger partial charge is 0.248 e. The lowest BCUT2D eigenvalue weighted by atomic mass is 9.98. The molecule has 0 aromatic carbocycles. The van der Waals surface area contributed by atoms with Crippen molar-refractivity contribution < 1.29 is 19.7 Å². The zero-order chi connectivity index (χ0) is 12.6. The van der Waals surface area contributed by atoms with Crippen LogP contribution in [-0.4, -0.2) is 45.8 Å². The number of amides is 1. The molecule has 2 aliphatic rings. The van der Waals surface area contributed by atoms with Crippen LogP contribution in [0.15, 0.2) is 12.3 Å². The molecular formula is C11H18N2O4. The predicted octanol–water partition coefficient (Wildman–Crippen LogP) is -0.660. The third-order valence-electron chi connectivity index (χ3n) is 3.38.